The molecule has 2 bridgehead atoms. The minimum Gasteiger partial charge on any atom is -0.341 e. The van der Waals surface area contributed by atoms with E-state index in [1.807, 2.05) is 6.92 Å². The number of hydrogen-bond acceptors (Lipinski definition) is 2. The molecule has 2 aliphatic heterocycles. The van der Waals surface area contributed by atoms with Gasteiger partial charge in [0, 0.05) is 38.1 Å². The topological polar surface area (TPSA) is 23.6 Å². The highest BCUT2D eigenvalue weighted by atomic mass is 16.2. The van der Waals surface area contributed by atoms with Gasteiger partial charge in [0.05, 0.1) is 0 Å². The van der Waals surface area contributed by atoms with Gasteiger partial charge in [-0.2, -0.15) is 0 Å². The van der Waals surface area contributed by atoms with Crippen LogP contribution in [0, 0.1) is 0 Å². The van der Waals surface area contributed by atoms with Gasteiger partial charge in [0.25, 0.3) is 0 Å². The van der Waals surface area contributed by atoms with Crippen LogP contribution in [0.3, 0.4) is 0 Å². The van der Waals surface area contributed by atoms with Gasteiger partial charge in [0.2, 0.25) is 5.91 Å². The molecule has 0 saturated carbocycles. The zero-order valence-corrected chi connectivity index (χ0v) is 12.3. The first-order valence-corrected chi connectivity index (χ1v) is 7.85. The fourth-order valence-corrected chi connectivity index (χ4v) is 3.67. The third-order valence-electron chi connectivity index (χ3n) is 4.80. The Hall–Kier alpha value is -1.35. The highest BCUT2D eigenvalue weighted by Gasteiger charge is 2.37. The summed E-state index contributed by atoms with van der Waals surface area (Å²) < 4.78 is 0. The molecule has 1 aromatic rings. The third-order valence-corrected chi connectivity index (χ3v) is 4.80. The second kappa shape index (κ2) is 5.96. The Bertz CT molecular complexity index is 459. The Morgan fingerprint density at radius 2 is 1.90 bits per heavy atom. The monoisotopic (exact) mass is 272 g/mol. The Balaban J connectivity index is 1.71. The SMILES string of the molecule is CCC(=O)N1CCC2CCC(C1)N2Cc1ccccc1. The fourth-order valence-electron chi connectivity index (χ4n) is 3.67. The van der Waals surface area contributed by atoms with Crippen molar-refractivity contribution >= 4 is 5.91 Å². The summed E-state index contributed by atoms with van der Waals surface area (Å²) in [4.78, 5) is 16.7. The van der Waals surface area contributed by atoms with Crippen molar-refractivity contribution in [2.45, 2.75) is 51.2 Å². The molecule has 2 atom stereocenters. The maximum Gasteiger partial charge on any atom is 0.222 e. The molecule has 0 N–H and O–H groups in total. The van der Waals surface area contributed by atoms with Crippen LogP contribution in [0.2, 0.25) is 0 Å². The maximum atomic E-state index is 12.0. The van der Waals surface area contributed by atoms with Crippen molar-refractivity contribution in [3.8, 4) is 0 Å². The first kappa shape index (κ1) is 13.6. The largest absolute Gasteiger partial charge is 0.341 e. The first-order chi connectivity index (χ1) is 9.78. The summed E-state index contributed by atoms with van der Waals surface area (Å²) in [5.41, 5.74) is 1.39. The molecule has 108 valence electrons. The fraction of sp³-hybridized carbons (Fsp3) is 0.588. The molecular formula is C17H24N2O. The second-order valence-electron chi connectivity index (χ2n) is 6.02. The molecule has 2 saturated heterocycles. The number of carbonyl (C=O) groups excluding carboxylic acids is 1. The van der Waals surface area contributed by atoms with Gasteiger partial charge < -0.3 is 4.90 Å². The smallest absolute Gasteiger partial charge is 0.222 e. The number of fused-ring (bicyclic) bond motifs is 2. The van der Waals surface area contributed by atoms with Crippen molar-refractivity contribution in [3.05, 3.63) is 35.9 Å². The summed E-state index contributed by atoms with van der Waals surface area (Å²) >= 11 is 0. The average molecular weight is 272 g/mol. The van der Waals surface area contributed by atoms with E-state index in [0.717, 1.165) is 26.1 Å². The van der Waals surface area contributed by atoms with Crippen molar-refractivity contribution in [1.82, 2.24) is 9.80 Å². The van der Waals surface area contributed by atoms with Gasteiger partial charge in [0.1, 0.15) is 0 Å². The van der Waals surface area contributed by atoms with E-state index in [0.29, 0.717) is 24.4 Å². The summed E-state index contributed by atoms with van der Waals surface area (Å²) in [6.45, 7) is 4.87. The maximum absolute atomic E-state index is 12.0. The number of nitrogens with zero attached hydrogens (tertiary/aromatic N) is 2. The Kier molecular flexibility index (Phi) is 4.06. The molecule has 2 fully saturated rings. The molecule has 1 amide bonds. The number of likely N-dealkylation sites (tertiary alicyclic amines) is 1. The normalized spacial score (nSPS) is 26.6. The molecule has 0 radical (unpaired) electrons. The molecule has 0 aliphatic carbocycles. The van der Waals surface area contributed by atoms with Gasteiger partial charge in [-0.3, -0.25) is 9.69 Å². The van der Waals surface area contributed by atoms with Gasteiger partial charge >= 0.3 is 0 Å². The van der Waals surface area contributed by atoms with E-state index in [2.05, 4.69) is 40.1 Å². The molecule has 20 heavy (non-hydrogen) atoms. The van der Waals surface area contributed by atoms with Crippen LogP contribution in [-0.2, 0) is 11.3 Å². The lowest BCUT2D eigenvalue weighted by molar-refractivity contribution is -0.131. The predicted molar refractivity (Wildman–Crippen MR) is 80.3 cm³/mol. The summed E-state index contributed by atoms with van der Waals surface area (Å²) in [7, 11) is 0. The van der Waals surface area contributed by atoms with Crippen molar-refractivity contribution in [2.75, 3.05) is 13.1 Å². The molecule has 3 nitrogen and oxygen atoms in total. The number of rotatable bonds is 3. The van der Waals surface area contributed by atoms with Crippen molar-refractivity contribution in [1.29, 1.82) is 0 Å². The Labute approximate surface area is 121 Å². The van der Waals surface area contributed by atoms with Crippen LogP contribution in [0.5, 0.6) is 0 Å². The van der Waals surface area contributed by atoms with Gasteiger partial charge in [0.15, 0.2) is 0 Å². The molecule has 3 rings (SSSR count). The first-order valence-electron chi connectivity index (χ1n) is 7.85. The number of benzene rings is 1. The number of hydrogen-bond donors (Lipinski definition) is 0. The van der Waals surface area contributed by atoms with Crippen LogP contribution < -0.4 is 0 Å². The van der Waals surface area contributed by atoms with Crippen LogP contribution >= 0.6 is 0 Å². The van der Waals surface area contributed by atoms with Gasteiger partial charge in [-0.15, -0.1) is 0 Å². The number of carbonyl (C=O) groups is 1. The molecule has 0 aromatic heterocycles. The van der Waals surface area contributed by atoms with Crippen molar-refractivity contribution < 1.29 is 4.79 Å². The predicted octanol–water partition coefficient (Wildman–Crippen LogP) is 2.66. The highest BCUT2D eigenvalue weighted by Crippen LogP contribution is 2.31. The average Bonchev–Trinajstić information content (AvgIpc) is 2.74. The lowest BCUT2D eigenvalue weighted by atomic mass is 10.1. The minimum absolute atomic E-state index is 0.317. The standard InChI is InChI=1S/C17H24N2O/c1-2-17(20)18-11-10-15-8-9-16(13-18)19(15)12-14-6-4-3-5-7-14/h3-7,15-16H,2,8-13H2,1H3. The Morgan fingerprint density at radius 3 is 2.65 bits per heavy atom. The lowest BCUT2D eigenvalue weighted by Gasteiger charge is -2.28. The van der Waals surface area contributed by atoms with E-state index < -0.39 is 0 Å². The number of amides is 1. The van der Waals surface area contributed by atoms with Crippen molar-refractivity contribution in [2.24, 2.45) is 0 Å². The van der Waals surface area contributed by atoms with E-state index in [1.165, 1.54) is 18.4 Å². The van der Waals surface area contributed by atoms with Crippen LogP contribution in [0.25, 0.3) is 0 Å². The highest BCUT2D eigenvalue weighted by molar-refractivity contribution is 5.75. The molecule has 2 heterocycles. The minimum atomic E-state index is 0.317. The van der Waals surface area contributed by atoms with Crippen LogP contribution in [-0.4, -0.2) is 40.9 Å². The molecule has 3 heteroatoms. The summed E-state index contributed by atoms with van der Waals surface area (Å²) in [6.07, 6.45) is 4.31. The molecule has 1 aromatic carbocycles. The van der Waals surface area contributed by atoms with Crippen LogP contribution in [0.1, 0.15) is 38.2 Å². The lowest BCUT2D eigenvalue weighted by Crippen LogP contribution is -2.40. The van der Waals surface area contributed by atoms with Crippen LogP contribution in [0.4, 0.5) is 0 Å². The quantitative estimate of drug-likeness (QED) is 0.844. The van der Waals surface area contributed by atoms with E-state index in [4.69, 9.17) is 0 Å². The molecule has 0 spiro atoms. The van der Waals surface area contributed by atoms with Gasteiger partial charge in [-0.25, -0.2) is 0 Å². The van der Waals surface area contributed by atoms with E-state index in [1.54, 1.807) is 0 Å². The van der Waals surface area contributed by atoms with Gasteiger partial charge in [-0.05, 0) is 24.8 Å². The third kappa shape index (κ3) is 2.73. The second-order valence-corrected chi connectivity index (χ2v) is 6.02. The summed E-state index contributed by atoms with van der Waals surface area (Å²) in [5, 5.41) is 0. The van der Waals surface area contributed by atoms with Crippen molar-refractivity contribution in [3.63, 3.8) is 0 Å². The summed E-state index contributed by atoms with van der Waals surface area (Å²) in [5.74, 6) is 0.317. The van der Waals surface area contributed by atoms with E-state index in [-0.39, 0.29) is 0 Å². The summed E-state index contributed by atoms with van der Waals surface area (Å²) in [6, 6.07) is 11.9. The molecule has 2 unspecified atom stereocenters. The van der Waals surface area contributed by atoms with E-state index in [9.17, 15) is 4.79 Å². The Morgan fingerprint density at radius 1 is 1.15 bits per heavy atom. The molecular weight excluding hydrogens is 248 g/mol. The zero-order chi connectivity index (χ0) is 13.9. The van der Waals surface area contributed by atoms with Crippen LogP contribution in [0.15, 0.2) is 30.3 Å². The van der Waals surface area contributed by atoms with Gasteiger partial charge in [-0.1, -0.05) is 37.3 Å². The zero-order valence-electron chi connectivity index (χ0n) is 12.3. The molecule has 2 aliphatic rings. The van der Waals surface area contributed by atoms with E-state index >= 15 is 0 Å².